The Kier molecular flexibility index (Phi) is 6.23. The molecule has 2 aliphatic heterocycles. The van der Waals surface area contributed by atoms with Crippen molar-refractivity contribution >= 4 is 51.4 Å². The van der Waals surface area contributed by atoms with Crippen LogP contribution in [-0.4, -0.2) is 92.6 Å². The normalized spacial score (nSPS) is 16.7. The van der Waals surface area contributed by atoms with Crippen molar-refractivity contribution in [1.29, 1.82) is 0 Å². The number of aromatic amines is 1. The second kappa shape index (κ2) is 9.70. The molecular weight excluding hydrogens is 512 g/mol. The fraction of sp³-hybridized carbons (Fsp3) is 0.269. The highest BCUT2D eigenvalue weighted by Crippen LogP contribution is 2.25. The molecule has 2 amide bonds. The van der Waals surface area contributed by atoms with Crippen LogP contribution in [0.1, 0.15) is 36.1 Å². The molecule has 0 aliphatic carbocycles. The Balaban J connectivity index is 1.06. The summed E-state index contributed by atoms with van der Waals surface area (Å²) in [7, 11) is 0. The topological polar surface area (TPSA) is 102 Å². The number of rotatable bonds is 5. The molecule has 1 aromatic carbocycles. The van der Waals surface area contributed by atoms with Crippen molar-refractivity contribution in [2.75, 3.05) is 39.3 Å². The number of nitrogens with zero attached hydrogens (tertiary/aromatic N) is 5. The lowest BCUT2D eigenvalue weighted by Crippen LogP contribution is -2.64. The lowest BCUT2D eigenvalue weighted by Gasteiger charge is -2.48. The number of carbonyl (C=O) groups excluding carboxylic acids is 3. The minimum absolute atomic E-state index is 0.00513. The summed E-state index contributed by atoms with van der Waals surface area (Å²) in [4.78, 5) is 55.8. The predicted octanol–water partition coefficient (Wildman–Crippen LogP) is 3.19. The van der Waals surface area contributed by atoms with Crippen LogP contribution in [0.25, 0.3) is 10.9 Å². The molecule has 2 fully saturated rings. The van der Waals surface area contributed by atoms with Crippen molar-refractivity contribution in [1.82, 2.24) is 29.7 Å². The summed E-state index contributed by atoms with van der Waals surface area (Å²) >= 11 is 7.20. The monoisotopic (exact) mass is 534 g/mol. The van der Waals surface area contributed by atoms with E-state index < -0.39 is 0 Å². The SMILES string of the molecule is O=C(c1ccc(Cl)nc1)c1c[nH]c2cc(C(=O)N3CC(N4CCN(C(=O)c5nccs5)CC4)C3)ccc12. The van der Waals surface area contributed by atoms with Crippen molar-refractivity contribution in [3.05, 3.63) is 81.2 Å². The number of benzene rings is 1. The molecule has 6 rings (SSSR count). The smallest absolute Gasteiger partial charge is 0.282 e. The molecule has 11 heteroatoms. The molecule has 0 saturated carbocycles. The molecule has 0 bridgehead atoms. The zero-order chi connectivity index (χ0) is 25.5. The van der Waals surface area contributed by atoms with E-state index in [1.807, 2.05) is 21.2 Å². The van der Waals surface area contributed by atoms with E-state index in [-0.39, 0.29) is 17.6 Å². The lowest BCUT2D eigenvalue weighted by atomic mass is 10.0. The van der Waals surface area contributed by atoms with Crippen LogP contribution < -0.4 is 0 Å². The first-order valence-corrected chi connectivity index (χ1v) is 13.2. The number of amides is 2. The number of thiazole rings is 1. The Hall–Kier alpha value is -3.60. The van der Waals surface area contributed by atoms with Crippen LogP contribution >= 0.6 is 22.9 Å². The van der Waals surface area contributed by atoms with Crippen LogP contribution in [0.5, 0.6) is 0 Å². The van der Waals surface area contributed by atoms with Crippen molar-refractivity contribution in [3.63, 3.8) is 0 Å². The average molecular weight is 535 g/mol. The average Bonchev–Trinajstić information content (AvgIpc) is 3.58. The standard InChI is InChI=1S/C26H23ClN6O3S/c27-22-4-2-17(12-30-22)23(34)20-13-29-21-11-16(1-3-19(20)21)25(35)33-14-18(15-33)31-6-8-32(9-7-31)26(36)24-28-5-10-37-24/h1-5,10-13,18,29H,6-9,14-15H2. The number of fused-ring (bicyclic) bond motifs is 1. The summed E-state index contributed by atoms with van der Waals surface area (Å²) in [6.07, 6.45) is 4.77. The molecule has 5 heterocycles. The number of pyridine rings is 1. The van der Waals surface area contributed by atoms with Gasteiger partial charge in [0.15, 0.2) is 10.8 Å². The van der Waals surface area contributed by atoms with Crippen LogP contribution in [0.4, 0.5) is 0 Å². The zero-order valence-corrected chi connectivity index (χ0v) is 21.3. The first kappa shape index (κ1) is 23.8. The highest BCUT2D eigenvalue weighted by atomic mass is 35.5. The largest absolute Gasteiger partial charge is 0.360 e. The minimum Gasteiger partial charge on any atom is -0.360 e. The van der Waals surface area contributed by atoms with Crippen LogP contribution in [0, 0.1) is 0 Å². The maximum absolute atomic E-state index is 13.1. The van der Waals surface area contributed by atoms with Crippen LogP contribution in [0.2, 0.25) is 5.15 Å². The minimum atomic E-state index is -0.159. The van der Waals surface area contributed by atoms with E-state index >= 15 is 0 Å². The number of ketones is 1. The fourth-order valence-electron chi connectivity index (χ4n) is 4.90. The zero-order valence-electron chi connectivity index (χ0n) is 19.8. The third-order valence-electron chi connectivity index (χ3n) is 7.05. The lowest BCUT2D eigenvalue weighted by molar-refractivity contribution is 0.00853. The van der Waals surface area contributed by atoms with Gasteiger partial charge in [-0.3, -0.25) is 19.3 Å². The third kappa shape index (κ3) is 4.52. The van der Waals surface area contributed by atoms with Gasteiger partial charge in [-0.1, -0.05) is 17.7 Å². The number of H-pyrrole nitrogens is 1. The molecule has 2 aliphatic rings. The van der Waals surface area contributed by atoms with Gasteiger partial charge in [-0.15, -0.1) is 11.3 Å². The van der Waals surface area contributed by atoms with Gasteiger partial charge in [-0.25, -0.2) is 9.97 Å². The molecular formula is C26H23ClN6O3S. The molecule has 0 spiro atoms. The number of carbonyl (C=O) groups is 3. The second-order valence-electron chi connectivity index (χ2n) is 9.19. The van der Waals surface area contributed by atoms with Crippen molar-refractivity contribution in [2.45, 2.75) is 6.04 Å². The Morgan fingerprint density at radius 2 is 1.73 bits per heavy atom. The van der Waals surface area contributed by atoms with Gasteiger partial charge in [0, 0.05) is 96.9 Å². The number of likely N-dealkylation sites (tertiary alicyclic amines) is 1. The number of hydrogen-bond acceptors (Lipinski definition) is 7. The molecule has 2 saturated heterocycles. The van der Waals surface area contributed by atoms with E-state index in [9.17, 15) is 14.4 Å². The van der Waals surface area contributed by atoms with Gasteiger partial charge in [-0.05, 0) is 24.3 Å². The van der Waals surface area contributed by atoms with Gasteiger partial charge in [0.25, 0.3) is 11.8 Å². The van der Waals surface area contributed by atoms with E-state index in [4.69, 9.17) is 11.6 Å². The van der Waals surface area contributed by atoms with Gasteiger partial charge < -0.3 is 14.8 Å². The number of piperazine rings is 1. The van der Waals surface area contributed by atoms with Gasteiger partial charge in [0.2, 0.25) is 0 Å². The predicted molar refractivity (Wildman–Crippen MR) is 140 cm³/mol. The molecule has 0 radical (unpaired) electrons. The van der Waals surface area contributed by atoms with Crippen molar-refractivity contribution < 1.29 is 14.4 Å². The highest BCUT2D eigenvalue weighted by molar-refractivity contribution is 7.11. The Labute approximate surface area is 221 Å². The maximum Gasteiger partial charge on any atom is 0.282 e. The third-order valence-corrected chi connectivity index (χ3v) is 8.03. The molecule has 3 aromatic heterocycles. The van der Waals surface area contributed by atoms with Crippen LogP contribution in [-0.2, 0) is 0 Å². The van der Waals surface area contributed by atoms with E-state index in [2.05, 4.69) is 19.9 Å². The fourth-order valence-corrected chi connectivity index (χ4v) is 5.62. The van der Waals surface area contributed by atoms with E-state index in [0.29, 0.717) is 59.1 Å². The molecule has 0 unspecified atom stereocenters. The number of halogens is 1. The summed E-state index contributed by atoms with van der Waals surface area (Å²) < 4.78 is 0. The van der Waals surface area contributed by atoms with Crippen LogP contribution in [0.3, 0.4) is 0 Å². The van der Waals surface area contributed by atoms with E-state index in [0.717, 1.165) is 24.0 Å². The molecule has 1 N–H and O–H groups in total. The molecule has 9 nitrogen and oxygen atoms in total. The van der Waals surface area contributed by atoms with Crippen molar-refractivity contribution in [3.8, 4) is 0 Å². The Morgan fingerprint density at radius 1 is 0.946 bits per heavy atom. The number of nitrogens with one attached hydrogen (secondary N) is 1. The molecule has 188 valence electrons. The number of hydrogen-bond donors (Lipinski definition) is 1. The van der Waals surface area contributed by atoms with Crippen molar-refractivity contribution in [2.24, 2.45) is 0 Å². The van der Waals surface area contributed by atoms with E-state index in [1.54, 1.807) is 36.7 Å². The highest BCUT2D eigenvalue weighted by Gasteiger charge is 2.37. The van der Waals surface area contributed by atoms with Gasteiger partial charge in [0.1, 0.15) is 5.15 Å². The Morgan fingerprint density at radius 3 is 2.43 bits per heavy atom. The first-order valence-electron chi connectivity index (χ1n) is 12.0. The van der Waals surface area contributed by atoms with Crippen LogP contribution in [0.15, 0.2) is 54.3 Å². The van der Waals surface area contributed by atoms with E-state index in [1.165, 1.54) is 17.5 Å². The van der Waals surface area contributed by atoms with Gasteiger partial charge in [0.05, 0.1) is 0 Å². The molecule has 4 aromatic rings. The first-order chi connectivity index (χ1) is 18.0. The maximum atomic E-state index is 13.1. The summed E-state index contributed by atoms with van der Waals surface area (Å²) in [5.74, 6) is -0.192. The van der Waals surface area contributed by atoms with Gasteiger partial charge >= 0.3 is 0 Å². The Bertz CT molecular complexity index is 1470. The quantitative estimate of drug-likeness (QED) is 0.312. The summed E-state index contributed by atoms with van der Waals surface area (Å²) in [6, 6.07) is 8.91. The summed E-state index contributed by atoms with van der Waals surface area (Å²) in [5.41, 5.74) is 2.29. The second-order valence-corrected chi connectivity index (χ2v) is 10.5. The summed E-state index contributed by atoms with van der Waals surface area (Å²) in [5, 5.41) is 3.43. The number of aromatic nitrogens is 3. The molecule has 0 atom stereocenters. The molecule has 37 heavy (non-hydrogen) atoms. The summed E-state index contributed by atoms with van der Waals surface area (Å²) in [6.45, 7) is 4.24. The van der Waals surface area contributed by atoms with Gasteiger partial charge in [-0.2, -0.15) is 0 Å².